The van der Waals surface area contributed by atoms with Crippen molar-refractivity contribution in [2.75, 3.05) is 18.6 Å². The minimum atomic E-state index is -1.09. The van der Waals surface area contributed by atoms with Gasteiger partial charge in [-0.3, -0.25) is 0 Å². The molecule has 0 aromatic carbocycles. The van der Waals surface area contributed by atoms with Crippen molar-refractivity contribution in [1.29, 1.82) is 0 Å². The summed E-state index contributed by atoms with van der Waals surface area (Å²) in [5, 5.41) is 10.7. The fraction of sp³-hybridized carbons (Fsp3) is 0.875. The van der Waals surface area contributed by atoms with Gasteiger partial charge in [0.25, 0.3) is 0 Å². The standard InChI is InChI=1S/C8H17NO2S/c1-8(2,3)9(7(10)11)5-6-12-4/h5-6H2,1-4H3,(H,10,11)/p-1. The maximum atomic E-state index is 10.7. The summed E-state index contributed by atoms with van der Waals surface area (Å²) in [6, 6.07) is 0. The van der Waals surface area contributed by atoms with Gasteiger partial charge in [-0.2, -0.15) is 11.8 Å². The molecule has 0 saturated carbocycles. The van der Waals surface area contributed by atoms with E-state index in [2.05, 4.69) is 0 Å². The number of hydrogen-bond donors (Lipinski definition) is 0. The Bertz CT molecular complexity index is 154. The zero-order valence-electron chi connectivity index (χ0n) is 8.09. The third-order valence-corrected chi connectivity index (χ3v) is 2.14. The Hall–Kier alpha value is -0.380. The van der Waals surface area contributed by atoms with Gasteiger partial charge in [-0.1, -0.05) is 0 Å². The minimum absolute atomic E-state index is 0.353. The van der Waals surface area contributed by atoms with E-state index in [0.717, 1.165) is 5.75 Å². The molecule has 0 aliphatic heterocycles. The first kappa shape index (κ1) is 11.6. The second-order valence-corrected chi connectivity index (χ2v) is 4.57. The lowest BCUT2D eigenvalue weighted by molar-refractivity contribution is -0.270. The molecule has 0 aliphatic rings. The predicted molar refractivity (Wildman–Crippen MR) is 50.2 cm³/mol. The first-order chi connectivity index (χ1) is 5.39. The van der Waals surface area contributed by atoms with Gasteiger partial charge < -0.3 is 14.8 Å². The van der Waals surface area contributed by atoms with Crippen LogP contribution >= 0.6 is 11.8 Å². The molecule has 0 heterocycles. The Kier molecular flexibility index (Phi) is 4.45. The minimum Gasteiger partial charge on any atom is -0.530 e. The van der Waals surface area contributed by atoms with Gasteiger partial charge in [-0.15, -0.1) is 0 Å². The molecule has 0 aromatic rings. The van der Waals surface area contributed by atoms with Crippen molar-refractivity contribution < 1.29 is 9.90 Å². The maximum Gasteiger partial charge on any atom is 0.137 e. The zero-order valence-corrected chi connectivity index (χ0v) is 8.90. The van der Waals surface area contributed by atoms with Crippen LogP contribution < -0.4 is 5.11 Å². The number of rotatable bonds is 3. The van der Waals surface area contributed by atoms with Crippen LogP contribution in [0.2, 0.25) is 0 Å². The van der Waals surface area contributed by atoms with Gasteiger partial charge >= 0.3 is 0 Å². The van der Waals surface area contributed by atoms with Crippen molar-refractivity contribution in [2.45, 2.75) is 26.3 Å². The zero-order chi connectivity index (χ0) is 9.78. The van der Waals surface area contributed by atoms with E-state index in [4.69, 9.17) is 0 Å². The second-order valence-electron chi connectivity index (χ2n) is 3.58. The highest BCUT2D eigenvalue weighted by Crippen LogP contribution is 2.12. The molecule has 0 aromatic heterocycles. The molecule has 1 amide bonds. The molecule has 0 bridgehead atoms. The predicted octanol–water partition coefficient (Wildman–Crippen LogP) is 0.793. The van der Waals surface area contributed by atoms with Crippen molar-refractivity contribution in [3.8, 4) is 0 Å². The molecule has 0 N–H and O–H groups in total. The van der Waals surface area contributed by atoms with Crippen LogP contribution in [0.1, 0.15) is 20.8 Å². The molecule has 0 spiro atoms. The lowest BCUT2D eigenvalue weighted by atomic mass is 10.1. The monoisotopic (exact) mass is 190 g/mol. The highest BCUT2D eigenvalue weighted by atomic mass is 32.2. The van der Waals surface area contributed by atoms with Crippen LogP contribution in [0.15, 0.2) is 0 Å². The summed E-state index contributed by atoms with van der Waals surface area (Å²) in [5.74, 6) is 0.811. The topological polar surface area (TPSA) is 43.4 Å². The van der Waals surface area contributed by atoms with E-state index in [1.54, 1.807) is 11.8 Å². The first-order valence-electron chi connectivity index (χ1n) is 3.87. The molecule has 0 fully saturated rings. The normalized spacial score (nSPS) is 11.3. The van der Waals surface area contributed by atoms with Gasteiger partial charge in [-0.25, -0.2) is 0 Å². The fourth-order valence-electron chi connectivity index (χ4n) is 0.883. The van der Waals surface area contributed by atoms with Crippen molar-refractivity contribution >= 4 is 17.9 Å². The van der Waals surface area contributed by atoms with E-state index in [1.165, 1.54) is 4.90 Å². The van der Waals surface area contributed by atoms with Gasteiger partial charge in [0.05, 0.1) is 0 Å². The highest BCUT2D eigenvalue weighted by molar-refractivity contribution is 7.98. The third-order valence-electron chi connectivity index (χ3n) is 1.55. The lowest BCUT2D eigenvalue weighted by Crippen LogP contribution is -2.52. The average molecular weight is 190 g/mol. The maximum absolute atomic E-state index is 10.7. The molecule has 0 saturated heterocycles. The number of amides is 1. The molecule has 0 unspecified atom stereocenters. The Balaban J connectivity index is 4.15. The van der Waals surface area contributed by atoms with Gasteiger partial charge in [-0.05, 0) is 27.0 Å². The Morgan fingerprint density at radius 2 is 2.00 bits per heavy atom. The summed E-state index contributed by atoms with van der Waals surface area (Å²) in [4.78, 5) is 12.0. The van der Waals surface area contributed by atoms with Gasteiger partial charge in [0, 0.05) is 17.8 Å². The molecule has 72 valence electrons. The Morgan fingerprint density at radius 1 is 1.50 bits per heavy atom. The number of carbonyl (C=O) groups is 1. The quantitative estimate of drug-likeness (QED) is 0.661. The molecule has 12 heavy (non-hydrogen) atoms. The molecule has 4 heteroatoms. The number of nitrogens with zero attached hydrogens (tertiary/aromatic N) is 1. The van der Waals surface area contributed by atoms with Crippen molar-refractivity contribution in [2.24, 2.45) is 0 Å². The van der Waals surface area contributed by atoms with Crippen LogP contribution in [0.3, 0.4) is 0 Å². The average Bonchev–Trinajstić information content (AvgIpc) is 1.84. The van der Waals surface area contributed by atoms with Crippen LogP contribution in [0.25, 0.3) is 0 Å². The van der Waals surface area contributed by atoms with E-state index < -0.39 is 6.09 Å². The van der Waals surface area contributed by atoms with Crippen LogP contribution in [0.5, 0.6) is 0 Å². The van der Waals surface area contributed by atoms with E-state index in [1.807, 2.05) is 27.0 Å². The largest absolute Gasteiger partial charge is 0.530 e. The van der Waals surface area contributed by atoms with E-state index in [-0.39, 0.29) is 5.54 Å². The van der Waals surface area contributed by atoms with E-state index in [0.29, 0.717) is 6.54 Å². The summed E-state index contributed by atoms with van der Waals surface area (Å²) < 4.78 is 0. The van der Waals surface area contributed by atoms with E-state index in [9.17, 15) is 9.90 Å². The second kappa shape index (κ2) is 4.60. The summed E-state index contributed by atoms with van der Waals surface area (Å²) >= 11 is 1.63. The van der Waals surface area contributed by atoms with Crippen LogP contribution in [0.4, 0.5) is 4.79 Å². The van der Waals surface area contributed by atoms with Gasteiger partial charge in [0.15, 0.2) is 0 Å². The number of thioether (sulfide) groups is 1. The molecule has 0 radical (unpaired) electrons. The molecule has 0 aliphatic carbocycles. The molecular weight excluding hydrogens is 174 g/mol. The van der Waals surface area contributed by atoms with Crippen molar-refractivity contribution in [3.05, 3.63) is 0 Å². The van der Waals surface area contributed by atoms with Gasteiger partial charge in [0.2, 0.25) is 0 Å². The summed E-state index contributed by atoms with van der Waals surface area (Å²) in [6.07, 6.45) is 0.868. The fourth-order valence-corrected chi connectivity index (χ4v) is 1.25. The summed E-state index contributed by atoms with van der Waals surface area (Å²) in [5.41, 5.74) is -0.353. The molecular formula is C8H16NO2S-. The lowest BCUT2D eigenvalue weighted by Gasteiger charge is -2.37. The molecule has 3 nitrogen and oxygen atoms in total. The van der Waals surface area contributed by atoms with E-state index >= 15 is 0 Å². The van der Waals surface area contributed by atoms with Crippen LogP contribution in [0, 0.1) is 0 Å². The molecule has 0 rings (SSSR count). The summed E-state index contributed by atoms with van der Waals surface area (Å²) in [7, 11) is 0. The number of carboxylic acid groups (broad SMARTS) is 1. The Labute approximate surface area is 78.1 Å². The van der Waals surface area contributed by atoms with Crippen LogP contribution in [-0.4, -0.2) is 35.1 Å². The van der Waals surface area contributed by atoms with Crippen LogP contribution in [-0.2, 0) is 0 Å². The van der Waals surface area contributed by atoms with Gasteiger partial charge in [0.1, 0.15) is 6.09 Å². The highest BCUT2D eigenvalue weighted by Gasteiger charge is 2.19. The Morgan fingerprint density at radius 3 is 2.25 bits per heavy atom. The summed E-state index contributed by atoms with van der Waals surface area (Å²) in [6.45, 7) is 6.13. The number of carbonyl (C=O) groups excluding carboxylic acids is 1. The SMILES string of the molecule is CSCCN(C(=O)[O-])C(C)(C)C. The van der Waals surface area contributed by atoms with Crippen molar-refractivity contribution in [3.63, 3.8) is 0 Å². The molecule has 0 atom stereocenters. The number of hydrogen-bond acceptors (Lipinski definition) is 3. The first-order valence-corrected chi connectivity index (χ1v) is 5.26. The van der Waals surface area contributed by atoms with Crippen molar-refractivity contribution in [1.82, 2.24) is 4.90 Å². The smallest absolute Gasteiger partial charge is 0.137 e. The third kappa shape index (κ3) is 3.85.